The van der Waals surface area contributed by atoms with Gasteiger partial charge in [-0.25, -0.2) is 0 Å². The molecule has 1 unspecified atom stereocenters. The highest BCUT2D eigenvalue weighted by Gasteiger charge is 2.26. The van der Waals surface area contributed by atoms with E-state index in [0.717, 1.165) is 24.6 Å². The van der Waals surface area contributed by atoms with Crippen LogP contribution in [0.4, 0.5) is 0 Å². The highest BCUT2D eigenvalue weighted by atomic mass is 16.6. The van der Waals surface area contributed by atoms with Crippen molar-refractivity contribution in [2.24, 2.45) is 0 Å². The van der Waals surface area contributed by atoms with Gasteiger partial charge in [0.05, 0.1) is 19.8 Å². The van der Waals surface area contributed by atoms with Gasteiger partial charge in [-0.1, -0.05) is 6.07 Å². The first kappa shape index (κ1) is 14.6. The molecule has 5 nitrogen and oxygen atoms in total. The summed E-state index contributed by atoms with van der Waals surface area (Å²) in [6.07, 6.45) is 2.37. The predicted molar refractivity (Wildman–Crippen MR) is 78.9 cm³/mol. The molecule has 2 aliphatic rings. The number of fused-ring (bicyclic) bond motifs is 1. The van der Waals surface area contributed by atoms with Crippen molar-refractivity contribution in [2.75, 3.05) is 46.1 Å². The van der Waals surface area contributed by atoms with Gasteiger partial charge in [0.1, 0.15) is 13.2 Å². The van der Waals surface area contributed by atoms with E-state index < -0.39 is 0 Å². The lowest BCUT2D eigenvalue weighted by atomic mass is 10.0. The van der Waals surface area contributed by atoms with Crippen molar-refractivity contribution in [3.05, 3.63) is 23.8 Å². The Bertz CT molecular complexity index is 466. The maximum absolute atomic E-state index is 8.74. The van der Waals surface area contributed by atoms with E-state index in [0.29, 0.717) is 32.5 Å². The first-order valence-corrected chi connectivity index (χ1v) is 7.70. The number of aliphatic hydroxyl groups is 1. The summed E-state index contributed by atoms with van der Waals surface area (Å²) in [4.78, 5) is 2.45. The van der Waals surface area contributed by atoms with Crippen LogP contribution in [0.1, 0.15) is 24.4 Å². The molecule has 0 saturated carbocycles. The number of hydrogen-bond acceptors (Lipinski definition) is 5. The summed E-state index contributed by atoms with van der Waals surface area (Å²) < 4.78 is 16.6. The van der Waals surface area contributed by atoms with E-state index in [9.17, 15) is 0 Å². The van der Waals surface area contributed by atoms with Gasteiger partial charge in [0, 0.05) is 12.6 Å². The van der Waals surface area contributed by atoms with Crippen LogP contribution >= 0.6 is 0 Å². The third-order valence-corrected chi connectivity index (χ3v) is 4.07. The van der Waals surface area contributed by atoms with Crippen LogP contribution in [-0.2, 0) is 4.74 Å². The van der Waals surface area contributed by atoms with Gasteiger partial charge < -0.3 is 19.3 Å². The Balaban J connectivity index is 1.64. The van der Waals surface area contributed by atoms with Gasteiger partial charge in [0.25, 0.3) is 0 Å². The molecule has 21 heavy (non-hydrogen) atoms. The van der Waals surface area contributed by atoms with Gasteiger partial charge in [-0.15, -0.1) is 0 Å². The van der Waals surface area contributed by atoms with Crippen LogP contribution in [0.3, 0.4) is 0 Å². The monoisotopic (exact) mass is 293 g/mol. The minimum Gasteiger partial charge on any atom is -0.486 e. The van der Waals surface area contributed by atoms with E-state index in [4.69, 9.17) is 19.3 Å². The minimum atomic E-state index is 0.0889. The van der Waals surface area contributed by atoms with Crippen molar-refractivity contribution in [1.29, 1.82) is 0 Å². The van der Waals surface area contributed by atoms with Gasteiger partial charge in [0.15, 0.2) is 11.5 Å². The highest BCUT2D eigenvalue weighted by molar-refractivity contribution is 5.44. The number of ether oxygens (including phenoxy) is 3. The molecule has 3 rings (SSSR count). The van der Waals surface area contributed by atoms with Gasteiger partial charge in [0.2, 0.25) is 0 Å². The van der Waals surface area contributed by atoms with Crippen molar-refractivity contribution in [2.45, 2.75) is 18.9 Å². The smallest absolute Gasteiger partial charge is 0.161 e. The number of aliphatic hydroxyl groups excluding tert-OH is 1. The van der Waals surface area contributed by atoms with Crippen LogP contribution in [-0.4, -0.2) is 56.1 Å². The molecule has 1 aromatic carbocycles. The lowest BCUT2D eigenvalue weighted by Crippen LogP contribution is -2.27. The molecule has 1 atom stereocenters. The van der Waals surface area contributed by atoms with E-state index in [2.05, 4.69) is 17.0 Å². The Morgan fingerprint density at radius 2 is 2.05 bits per heavy atom. The van der Waals surface area contributed by atoms with Gasteiger partial charge in [-0.3, -0.25) is 4.90 Å². The summed E-state index contributed by atoms with van der Waals surface area (Å²) in [7, 11) is 0. The summed E-state index contributed by atoms with van der Waals surface area (Å²) in [5.41, 5.74) is 1.29. The number of benzene rings is 1. The molecule has 116 valence electrons. The van der Waals surface area contributed by atoms with Crippen molar-refractivity contribution >= 4 is 0 Å². The molecule has 1 N–H and O–H groups in total. The second-order valence-electron chi connectivity index (χ2n) is 5.43. The van der Waals surface area contributed by atoms with E-state index >= 15 is 0 Å². The fourth-order valence-electron chi connectivity index (χ4n) is 3.09. The minimum absolute atomic E-state index is 0.0889. The molecular weight excluding hydrogens is 270 g/mol. The average Bonchev–Trinajstić information content (AvgIpc) is 2.99. The molecule has 0 bridgehead atoms. The van der Waals surface area contributed by atoms with Crippen LogP contribution in [0, 0.1) is 0 Å². The molecule has 1 saturated heterocycles. The molecule has 0 radical (unpaired) electrons. The Morgan fingerprint density at radius 3 is 2.90 bits per heavy atom. The number of nitrogens with zero attached hydrogens (tertiary/aromatic N) is 1. The van der Waals surface area contributed by atoms with E-state index in [1.165, 1.54) is 18.4 Å². The van der Waals surface area contributed by atoms with Crippen molar-refractivity contribution < 1.29 is 19.3 Å². The molecule has 1 aromatic rings. The molecule has 0 aromatic heterocycles. The van der Waals surface area contributed by atoms with Crippen molar-refractivity contribution in [3.8, 4) is 11.5 Å². The lowest BCUT2D eigenvalue weighted by Gasteiger charge is -2.26. The number of rotatable bonds is 6. The summed E-state index contributed by atoms with van der Waals surface area (Å²) in [6.45, 7) is 4.43. The maximum Gasteiger partial charge on any atom is 0.161 e. The molecule has 5 heteroatoms. The highest BCUT2D eigenvalue weighted by Crippen LogP contribution is 2.37. The van der Waals surface area contributed by atoms with E-state index in [1.807, 2.05) is 6.07 Å². The second-order valence-corrected chi connectivity index (χ2v) is 5.43. The van der Waals surface area contributed by atoms with Gasteiger partial charge in [-0.05, 0) is 37.1 Å². The maximum atomic E-state index is 8.74. The first-order valence-electron chi connectivity index (χ1n) is 7.70. The summed E-state index contributed by atoms with van der Waals surface area (Å²) in [5.74, 6) is 1.71. The summed E-state index contributed by atoms with van der Waals surface area (Å²) in [6, 6.07) is 6.71. The second kappa shape index (κ2) is 7.11. The van der Waals surface area contributed by atoms with E-state index in [1.54, 1.807) is 0 Å². The van der Waals surface area contributed by atoms with Crippen LogP contribution in [0.2, 0.25) is 0 Å². The SMILES string of the molecule is OCCOCCN1CCCC1c1ccc2c(c1)OCCO2. The van der Waals surface area contributed by atoms with Crippen LogP contribution in [0.5, 0.6) is 11.5 Å². The van der Waals surface area contributed by atoms with Crippen LogP contribution in [0.25, 0.3) is 0 Å². The molecular formula is C16H23NO4. The fourth-order valence-corrected chi connectivity index (χ4v) is 3.09. The van der Waals surface area contributed by atoms with Crippen LogP contribution in [0.15, 0.2) is 18.2 Å². The molecule has 2 heterocycles. The summed E-state index contributed by atoms with van der Waals surface area (Å²) >= 11 is 0. The number of likely N-dealkylation sites (tertiary alicyclic amines) is 1. The predicted octanol–water partition coefficient (Wildman–Crippen LogP) is 1.60. The van der Waals surface area contributed by atoms with E-state index in [-0.39, 0.29) is 6.61 Å². The van der Waals surface area contributed by atoms with Crippen molar-refractivity contribution in [3.63, 3.8) is 0 Å². The molecule has 0 aliphatic carbocycles. The quantitative estimate of drug-likeness (QED) is 0.808. The molecule has 0 amide bonds. The zero-order chi connectivity index (χ0) is 14.5. The standard InChI is InChI=1S/C16H23NO4/c18-7-9-19-8-6-17-5-1-2-14(17)13-3-4-15-16(12-13)21-11-10-20-15/h3-4,12,14,18H,1-2,5-11H2. The third kappa shape index (κ3) is 3.48. The Kier molecular flexibility index (Phi) is 4.95. The van der Waals surface area contributed by atoms with Crippen LogP contribution < -0.4 is 9.47 Å². The Morgan fingerprint density at radius 1 is 1.19 bits per heavy atom. The molecule has 1 fully saturated rings. The average molecular weight is 293 g/mol. The zero-order valence-electron chi connectivity index (χ0n) is 12.3. The largest absolute Gasteiger partial charge is 0.486 e. The zero-order valence-corrected chi connectivity index (χ0v) is 12.3. The Labute approximate surface area is 125 Å². The van der Waals surface area contributed by atoms with Gasteiger partial charge >= 0.3 is 0 Å². The third-order valence-electron chi connectivity index (χ3n) is 4.07. The topological polar surface area (TPSA) is 51.2 Å². The molecule has 0 spiro atoms. The fraction of sp³-hybridized carbons (Fsp3) is 0.625. The Hall–Kier alpha value is -1.30. The summed E-state index contributed by atoms with van der Waals surface area (Å²) in [5, 5.41) is 8.74. The first-order chi connectivity index (χ1) is 10.4. The van der Waals surface area contributed by atoms with Crippen molar-refractivity contribution in [1.82, 2.24) is 4.90 Å². The molecule has 2 aliphatic heterocycles. The number of hydrogen-bond donors (Lipinski definition) is 1. The normalized spacial score (nSPS) is 21.7. The van der Waals surface area contributed by atoms with Gasteiger partial charge in [-0.2, -0.15) is 0 Å². The lowest BCUT2D eigenvalue weighted by molar-refractivity contribution is 0.0709.